The van der Waals surface area contributed by atoms with Gasteiger partial charge in [-0.25, -0.2) is 4.79 Å². The number of hydrogen-bond donors (Lipinski definition) is 1. The number of nitrogens with one attached hydrogen (secondary N) is 1. The standard InChI is InChI=1S/C12H22N2O2/c1-6-7-8-14-9(15)11(2,3)12(4,5)13-10(14)16/h6-8H2,1-5H3,(H,13,16). The highest BCUT2D eigenvalue weighted by atomic mass is 16.2. The molecule has 0 aromatic carbocycles. The Morgan fingerprint density at radius 1 is 1.19 bits per heavy atom. The molecule has 4 nitrogen and oxygen atoms in total. The first-order valence-electron chi connectivity index (χ1n) is 5.88. The molecule has 1 aliphatic heterocycles. The van der Waals surface area contributed by atoms with Gasteiger partial charge in [-0.05, 0) is 34.1 Å². The summed E-state index contributed by atoms with van der Waals surface area (Å²) in [6.07, 6.45) is 1.83. The van der Waals surface area contributed by atoms with E-state index in [9.17, 15) is 9.59 Å². The number of amides is 3. The fraction of sp³-hybridized carbons (Fsp3) is 0.833. The van der Waals surface area contributed by atoms with Crippen molar-refractivity contribution in [3.05, 3.63) is 0 Å². The fourth-order valence-electron chi connectivity index (χ4n) is 1.71. The van der Waals surface area contributed by atoms with Crippen LogP contribution in [0.2, 0.25) is 0 Å². The molecule has 0 bridgehead atoms. The van der Waals surface area contributed by atoms with Gasteiger partial charge in [0, 0.05) is 6.54 Å². The van der Waals surface area contributed by atoms with Crippen LogP contribution in [0.1, 0.15) is 47.5 Å². The first-order valence-corrected chi connectivity index (χ1v) is 5.88. The summed E-state index contributed by atoms with van der Waals surface area (Å²) in [4.78, 5) is 25.4. The van der Waals surface area contributed by atoms with Crippen LogP contribution in [0.3, 0.4) is 0 Å². The highest BCUT2D eigenvalue weighted by Crippen LogP contribution is 2.36. The lowest BCUT2D eigenvalue weighted by Crippen LogP contribution is -2.69. The zero-order chi connectivity index (χ0) is 12.6. The summed E-state index contributed by atoms with van der Waals surface area (Å²) < 4.78 is 0. The van der Waals surface area contributed by atoms with E-state index in [4.69, 9.17) is 0 Å². The van der Waals surface area contributed by atoms with E-state index in [-0.39, 0.29) is 11.9 Å². The second-order valence-corrected chi connectivity index (χ2v) is 5.49. The predicted octanol–water partition coefficient (Wildman–Crippen LogP) is 2.14. The molecule has 1 fully saturated rings. The maximum Gasteiger partial charge on any atom is 0.324 e. The largest absolute Gasteiger partial charge is 0.332 e. The number of imide groups is 1. The van der Waals surface area contributed by atoms with Crippen molar-refractivity contribution >= 4 is 11.9 Å². The molecule has 0 aromatic rings. The molecule has 1 saturated heterocycles. The molecule has 0 spiro atoms. The lowest BCUT2D eigenvalue weighted by molar-refractivity contribution is -0.144. The molecular formula is C12H22N2O2. The Morgan fingerprint density at radius 2 is 1.75 bits per heavy atom. The summed E-state index contributed by atoms with van der Waals surface area (Å²) in [5.41, 5.74) is -1.06. The predicted molar refractivity (Wildman–Crippen MR) is 63.0 cm³/mol. The molecule has 0 aliphatic carbocycles. The van der Waals surface area contributed by atoms with Crippen molar-refractivity contribution in [2.24, 2.45) is 5.41 Å². The van der Waals surface area contributed by atoms with Crippen LogP contribution in [-0.4, -0.2) is 28.9 Å². The third-order valence-corrected chi connectivity index (χ3v) is 3.74. The number of unbranched alkanes of at least 4 members (excludes halogenated alkanes) is 1. The van der Waals surface area contributed by atoms with Crippen LogP contribution in [0.4, 0.5) is 4.79 Å². The van der Waals surface area contributed by atoms with Gasteiger partial charge in [0.2, 0.25) is 5.91 Å². The van der Waals surface area contributed by atoms with Crippen molar-refractivity contribution in [3.63, 3.8) is 0 Å². The lowest BCUT2D eigenvalue weighted by Gasteiger charge is -2.48. The molecule has 0 radical (unpaired) electrons. The van der Waals surface area contributed by atoms with E-state index in [0.29, 0.717) is 6.54 Å². The van der Waals surface area contributed by atoms with E-state index in [1.807, 2.05) is 34.6 Å². The summed E-state index contributed by atoms with van der Waals surface area (Å²) >= 11 is 0. The van der Waals surface area contributed by atoms with Crippen molar-refractivity contribution in [1.29, 1.82) is 0 Å². The van der Waals surface area contributed by atoms with E-state index in [1.165, 1.54) is 4.90 Å². The summed E-state index contributed by atoms with van der Waals surface area (Å²) in [5, 5.41) is 2.90. The topological polar surface area (TPSA) is 49.4 Å². The first kappa shape index (κ1) is 13.0. The van der Waals surface area contributed by atoms with Gasteiger partial charge in [-0.15, -0.1) is 0 Å². The lowest BCUT2D eigenvalue weighted by atomic mass is 9.72. The van der Waals surface area contributed by atoms with Crippen LogP contribution in [0.15, 0.2) is 0 Å². The van der Waals surface area contributed by atoms with Crippen LogP contribution >= 0.6 is 0 Å². The second-order valence-electron chi connectivity index (χ2n) is 5.49. The van der Waals surface area contributed by atoms with Crippen LogP contribution in [0.25, 0.3) is 0 Å². The Kier molecular flexibility index (Phi) is 3.31. The Morgan fingerprint density at radius 3 is 2.25 bits per heavy atom. The van der Waals surface area contributed by atoms with Crippen LogP contribution in [0, 0.1) is 5.41 Å². The minimum absolute atomic E-state index is 0.0744. The van der Waals surface area contributed by atoms with Gasteiger partial charge in [0.15, 0.2) is 0 Å². The highest BCUT2D eigenvalue weighted by Gasteiger charge is 2.51. The van der Waals surface area contributed by atoms with E-state index in [0.717, 1.165) is 12.8 Å². The summed E-state index contributed by atoms with van der Waals surface area (Å²) in [6, 6.07) is -0.261. The quantitative estimate of drug-likeness (QED) is 0.801. The van der Waals surface area contributed by atoms with Gasteiger partial charge in [-0.1, -0.05) is 13.3 Å². The smallest absolute Gasteiger partial charge is 0.324 e. The van der Waals surface area contributed by atoms with Gasteiger partial charge in [0.25, 0.3) is 0 Å². The SMILES string of the molecule is CCCCN1C(=O)NC(C)(C)C(C)(C)C1=O. The maximum atomic E-state index is 12.2. The molecule has 1 heterocycles. The van der Waals surface area contributed by atoms with Crippen molar-refractivity contribution in [1.82, 2.24) is 10.2 Å². The number of urea groups is 1. The monoisotopic (exact) mass is 226 g/mol. The molecule has 0 aromatic heterocycles. The van der Waals surface area contributed by atoms with Gasteiger partial charge in [-0.2, -0.15) is 0 Å². The van der Waals surface area contributed by atoms with Gasteiger partial charge in [-0.3, -0.25) is 9.69 Å². The summed E-state index contributed by atoms with van der Waals surface area (Å²) in [7, 11) is 0. The van der Waals surface area contributed by atoms with Gasteiger partial charge < -0.3 is 5.32 Å². The Balaban J connectivity index is 2.92. The maximum absolute atomic E-state index is 12.2. The molecule has 0 saturated carbocycles. The van der Waals surface area contributed by atoms with E-state index < -0.39 is 11.0 Å². The number of nitrogens with zero attached hydrogens (tertiary/aromatic N) is 1. The van der Waals surface area contributed by atoms with Crippen molar-refractivity contribution in [2.45, 2.75) is 53.0 Å². The van der Waals surface area contributed by atoms with Crippen LogP contribution < -0.4 is 5.32 Å². The molecule has 0 unspecified atom stereocenters. The normalized spacial score (nSPS) is 23.2. The van der Waals surface area contributed by atoms with E-state index in [2.05, 4.69) is 5.32 Å². The van der Waals surface area contributed by atoms with Gasteiger partial charge >= 0.3 is 6.03 Å². The number of carbonyl (C=O) groups is 2. The summed E-state index contributed by atoms with van der Waals surface area (Å²) in [6.45, 7) is 10.1. The van der Waals surface area contributed by atoms with E-state index in [1.54, 1.807) is 0 Å². The zero-order valence-corrected chi connectivity index (χ0v) is 10.9. The molecule has 0 atom stereocenters. The minimum atomic E-state index is -0.561. The molecule has 1 aliphatic rings. The van der Waals surface area contributed by atoms with Crippen LogP contribution in [-0.2, 0) is 4.79 Å². The Bertz CT molecular complexity index is 308. The molecule has 16 heavy (non-hydrogen) atoms. The van der Waals surface area contributed by atoms with Gasteiger partial charge in [0.05, 0.1) is 11.0 Å². The number of hydrogen-bond acceptors (Lipinski definition) is 2. The van der Waals surface area contributed by atoms with Crippen molar-refractivity contribution in [3.8, 4) is 0 Å². The average molecular weight is 226 g/mol. The minimum Gasteiger partial charge on any atom is -0.332 e. The van der Waals surface area contributed by atoms with Crippen molar-refractivity contribution < 1.29 is 9.59 Å². The molecule has 92 valence electrons. The molecule has 1 rings (SSSR count). The fourth-order valence-corrected chi connectivity index (χ4v) is 1.71. The second kappa shape index (κ2) is 4.07. The average Bonchev–Trinajstić information content (AvgIpc) is 2.15. The van der Waals surface area contributed by atoms with Crippen LogP contribution in [0.5, 0.6) is 0 Å². The zero-order valence-electron chi connectivity index (χ0n) is 10.9. The third kappa shape index (κ3) is 1.93. The number of carbonyl (C=O) groups excluding carboxylic acids is 2. The van der Waals surface area contributed by atoms with Crippen molar-refractivity contribution in [2.75, 3.05) is 6.54 Å². The van der Waals surface area contributed by atoms with Gasteiger partial charge in [0.1, 0.15) is 0 Å². The van der Waals surface area contributed by atoms with E-state index >= 15 is 0 Å². The highest BCUT2D eigenvalue weighted by molar-refractivity contribution is 6.01. The molecule has 1 N–H and O–H groups in total. The summed E-state index contributed by atoms with van der Waals surface area (Å²) in [5.74, 6) is -0.0744. The first-order chi connectivity index (χ1) is 7.24. The number of rotatable bonds is 3. The Hall–Kier alpha value is -1.06. The Labute approximate surface area is 97.4 Å². The third-order valence-electron chi connectivity index (χ3n) is 3.74. The molecule has 4 heteroatoms. The molecular weight excluding hydrogens is 204 g/mol. The molecule has 3 amide bonds.